The van der Waals surface area contributed by atoms with Gasteiger partial charge in [-0.05, 0) is 56.5 Å². The van der Waals surface area contributed by atoms with Crippen LogP contribution in [0.2, 0.25) is 0 Å². The quantitative estimate of drug-likeness (QED) is 0.843. The zero-order valence-corrected chi connectivity index (χ0v) is 11.9. The van der Waals surface area contributed by atoms with Crippen molar-refractivity contribution in [2.75, 3.05) is 7.05 Å². The van der Waals surface area contributed by atoms with Crippen LogP contribution in [0.25, 0.3) is 0 Å². The summed E-state index contributed by atoms with van der Waals surface area (Å²) in [6.45, 7) is 8.10. The van der Waals surface area contributed by atoms with Crippen LogP contribution < -0.4 is 5.32 Å². The summed E-state index contributed by atoms with van der Waals surface area (Å²) in [6.07, 6.45) is 0.618. The highest BCUT2D eigenvalue weighted by Crippen LogP contribution is 2.29. The normalized spacial score (nSPS) is 14.3. The summed E-state index contributed by atoms with van der Waals surface area (Å²) in [5, 5.41) is 12.5. The van der Waals surface area contributed by atoms with Crippen LogP contribution in [0, 0.1) is 26.7 Å². The van der Waals surface area contributed by atoms with Crippen LogP contribution in [0.5, 0.6) is 0 Å². The highest BCUT2D eigenvalue weighted by molar-refractivity contribution is 5.71. The van der Waals surface area contributed by atoms with Gasteiger partial charge in [0.25, 0.3) is 0 Å². The first-order valence-corrected chi connectivity index (χ1v) is 6.40. The number of carbonyl (C=O) groups is 1. The second-order valence-electron chi connectivity index (χ2n) is 4.91. The number of carboxylic acids is 1. The molecule has 18 heavy (non-hydrogen) atoms. The lowest BCUT2D eigenvalue weighted by atomic mass is 9.87. The van der Waals surface area contributed by atoms with E-state index in [1.54, 1.807) is 0 Å². The molecule has 0 saturated heterocycles. The van der Waals surface area contributed by atoms with Gasteiger partial charge in [0.1, 0.15) is 0 Å². The Bertz CT molecular complexity index is 440. The molecule has 0 aliphatic heterocycles. The maximum absolute atomic E-state index is 11.3. The van der Waals surface area contributed by atoms with Crippen LogP contribution in [0.3, 0.4) is 0 Å². The number of aliphatic carboxylic acids is 1. The third kappa shape index (κ3) is 2.91. The highest BCUT2D eigenvalue weighted by atomic mass is 16.4. The fourth-order valence-corrected chi connectivity index (χ4v) is 2.44. The minimum atomic E-state index is -0.741. The lowest BCUT2D eigenvalue weighted by molar-refractivity contribution is -0.143. The van der Waals surface area contributed by atoms with E-state index in [9.17, 15) is 9.90 Å². The third-order valence-corrected chi connectivity index (χ3v) is 3.69. The van der Waals surface area contributed by atoms with E-state index in [-0.39, 0.29) is 6.04 Å². The van der Waals surface area contributed by atoms with Gasteiger partial charge >= 0.3 is 5.97 Å². The van der Waals surface area contributed by atoms with Crippen molar-refractivity contribution in [3.05, 3.63) is 34.4 Å². The summed E-state index contributed by atoms with van der Waals surface area (Å²) in [7, 11) is 1.82. The average Bonchev–Trinajstić information content (AvgIpc) is 2.30. The Balaban J connectivity index is 3.24. The van der Waals surface area contributed by atoms with Crippen LogP contribution >= 0.6 is 0 Å². The molecule has 1 aromatic carbocycles. The maximum Gasteiger partial charge on any atom is 0.308 e. The predicted molar refractivity (Wildman–Crippen MR) is 73.9 cm³/mol. The van der Waals surface area contributed by atoms with Crippen LogP contribution in [0.15, 0.2) is 12.1 Å². The largest absolute Gasteiger partial charge is 0.481 e. The van der Waals surface area contributed by atoms with Gasteiger partial charge < -0.3 is 10.4 Å². The minimum absolute atomic E-state index is 0.133. The molecule has 1 aromatic rings. The molecule has 0 aliphatic carbocycles. The Morgan fingerprint density at radius 1 is 1.22 bits per heavy atom. The maximum atomic E-state index is 11.3. The van der Waals surface area contributed by atoms with Crippen LogP contribution in [-0.2, 0) is 4.79 Å². The summed E-state index contributed by atoms with van der Waals surface area (Å²) < 4.78 is 0. The minimum Gasteiger partial charge on any atom is -0.481 e. The van der Waals surface area contributed by atoms with Gasteiger partial charge in [-0.15, -0.1) is 0 Å². The Labute approximate surface area is 109 Å². The molecule has 3 heteroatoms. The van der Waals surface area contributed by atoms with Gasteiger partial charge in [0, 0.05) is 6.04 Å². The van der Waals surface area contributed by atoms with Gasteiger partial charge in [0.2, 0.25) is 0 Å². The molecular weight excluding hydrogens is 226 g/mol. The summed E-state index contributed by atoms with van der Waals surface area (Å²) in [5.41, 5.74) is 4.69. The van der Waals surface area contributed by atoms with Gasteiger partial charge in [-0.3, -0.25) is 4.79 Å². The van der Waals surface area contributed by atoms with Gasteiger partial charge in [-0.2, -0.15) is 0 Å². The number of nitrogens with one attached hydrogen (secondary N) is 1. The predicted octanol–water partition coefficient (Wildman–Crippen LogP) is 2.98. The molecule has 0 heterocycles. The van der Waals surface area contributed by atoms with Gasteiger partial charge in [0.15, 0.2) is 0 Å². The van der Waals surface area contributed by atoms with Crippen molar-refractivity contribution in [3.63, 3.8) is 0 Å². The molecule has 0 radical (unpaired) electrons. The number of rotatable bonds is 5. The second-order valence-corrected chi connectivity index (χ2v) is 4.91. The van der Waals surface area contributed by atoms with Crippen molar-refractivity contribution in [2.24, 2.45) is 5.92 Å². The lowest BCUT2D eigenvalue weighted by Crippen LogP contribution is -2.31. The summed E-state index contributed by atoms with van der Waals surface area (Å²) in [5.74, 6) is -1.13. The van der Waals surface area contributed by atoms with E-state index in [0.29, 0.717) is 6.42 Å². The molecule has 0 spiro atoms. The van der Waals surface area contributed by atoms with Gasteiger partial charge in [-0.1, -0.05) is 19.1 Å². The summed E-state index contributed by atoms with van der Waals surface area (Å²) in [4.78, 5) is 11.3. The zero-order chi connectivity index (χ0) is 13.9. The van der Waals surface area contributed by atoms with E-state index >= 15 is 0 Å². The smallest absolute Gasteiger partial charge is 0.308 e. The molecule has 2 atom stereocenters. The Morgan fingerprint density at radius 3 is 2.22 bits per heavy atom. The molecule has 2 unspecified atom stereocenters. The van der Waals surface area contributed by atoms with Crippen molar-refractivity contribution in [2.45, 2.75) is 40.2 Å². The number of benzene rings is 1. The first-order valence-electron chi connectivity index (χ1n) is 6.40. The SMILES string of the molecule is CCC(C(=O)O)C(NC)c1cc(C)c(C)cc1C. The Hall–Kier alpha value is -1.35. The van der Waals surface area contributed by atoms with Gasteiger partial charge in [-0.25, -0.2) is 0 Å². The highest BCUT2D eigenvalue weighted by Gasteiger charge is 2.27. The molecule has 3 nitrogen and oxygen atoms in total. The summed E-state index contributed by atoms with van der Waals surface area (Å²) >= 11 is 0. The van der Waals surface area contributed by atoms with Crippen LogP contribution in [0.1, 0.15) is 41.6 Å². The van der Waals surface area contributed by atoms with Crippen molar-refractivity contribution >= 4 is 5.97 Å². The van der Waals surface area contributed by atoms with Crippen molar-refractivity contribution < 1.29 is 9.90 Å². The summed E-state index contributed by atoms with van der Waals surface area (Å²) in [6, 6.07) is 4.10. The molecule has 0 saturated carbocycles. The molecule has 0 amide bonds. The first-order chi connectivity index (χ1) is 8.42. The molecule has 1 rings (SSSR count). The molecular formula is C15H23NO2. The molecule has 0 fully saturated rings. The standard InChI is InChI=1S/C15H23NO2/c1-6-12(15(17)18)14(16-5)13-8-10(3)9(2)7-11(13)4/h7-8,12,14,16H,6H2,1-5H3,(H,17,18). The van der Waals surface area contributed by atoms with E-state index < -0.39 is 11.9 Å². The number of hydrogen-bond acceptors (Lipinski definition) is 2. The van der Waals surface area contributed by atoms with E-state index in [0.717, 1.165) is 11.1 Å². The lowest BCUT2D eigenvalue weighted by Gasteiger charge is -2.25. The van der Waals surface area contributed by atoms with E-state index in [1.807, 2.05) is 20.9 Å². The van der Waals surface area contributed by atoms with Gasteiger partial charge in [0.05, 0.1) is 5.92 Å². The molecule has 0 aliphatic rings. The first kappa shape index (κ1) is 14.7. The number of hydrogen-bond donors (Lipinski definition) is 2. The Morgan fingerprint density at radius 2 is 1.78 bits per heavy atom. The topological polar surface area (TPSA) is 49.3 Å². The number of carboxylic acid groups (broad SMARTS) is 1. The van der Waals surface area contributed by atoms with Crippen molar-refractivity contribution in [3.8, 4) is 0 Å². The number of aryl methyl sites for hydroxylation is 3. The average molecular weight is 249 g/mol. The van der Waals surface area contributed by atoms with E-state index in [2.05, 4.69) is 31.3 Å². The van der Waals surface area contributed by atoms with Crippen molar-refractivity contribution in [1.82, 2.24) is 5.32 Å². The Kier molecular flexibility index (Phi) is 4.91. The van der Waals surface area contributed by atoms with Crippen LogP contribution in [-0.4, -0.2) is 18.1 Å². The zero-order valence-electron chi connectivity index (χ0n) is 11.9. The monoisotopic (exact) mass is 249 g/mol. The van der Waals surface area contributed by atoms with E-state index in [1.165, 1.54) is 11.1 Å². The third-order valence-electron chi connectivity index (χ3n) is 3.69. The fourth-order valence-electron chi connectivity index (χ4n) is 2.44. The molecule has 100 valence electrons. The van der Waals surface area contributed by atoms with Crippen LogP contribution in [0.4, 0.5) is 0 Å². The van der Waals surface area contributed by atoms with E-state index in [4.69, 9.17) is 0 Å². The molecule has 2 N–H and O–H groups in total. The van der Waals surface area contributed by atoms with Crippen molar-refractivity contribution in [1.29, 1.82) is 0 Å². The molecule has 0 aromatic heterocycles. The fraction of sp³-hybridized carbons (Fsp3) is 0.533. The molecule has 0 bridgehead atoms. The second kappa shape index (κ2) is 6.01.